The van der Waals surface area contributed by atoms with E-state index in [4.69, 9.17) is 28.7 Å². The summed E-state index contributed by atoms with van der Waals surface area (Å²) >= 11 is 11.2. The second kappa shape index (κ2) is 2.99. The Kier molecular flexibility index (Phi) is 2.25. The molecule has 0 aliphatic rings. The average Bonchev–Trinajstić information content (AvgIpc) is 1.94. The standard InChI is InChI=1S/C6H4Cl2N2/c7-4-1-2-5(8)6(3-4)10-9/h1-3,9H. The first-order chi connectivity index (χ1) is 4.74. The molecule has 0 spiro atoms. The Labute approximate surface area is 68.3 Å². The van der Waals surface area contributed by atoms with Gasteiger partial charge in [0.1, 0.15) is 5.69 Å². The molecular formula is C6H4Cl2N2. The van der Waals surface area contributed by atoms with Gasteiger partial charge in [-0.1, -0.05) is 23.2 Å². The third kappa shape index (κ3) is 1.46. The fraction of sp³-hybridized carbons (Fsp3) is 0. The number of halogens is 2. The predicted molar refractivity (Wildman–Crippen MR) is 41.3 cm³/mol. The molecule has 0 saturated carbocycles. The van der Waals surface area contributed by atoms with Crippen molar-refractivity contribution in [2.45, 2.75) is 0 Å². The van der Waals surface area contributed by atoms with Gasteiger partial charge in [0, 0.05) is 5.02 Å². The molecule has 52 valence electrons. The first kappa shape index (κ1) is 7.51. The highest BCUT2D eigenvalue weighted by atomic mass is 35.5. The summed E-state index contributed by atoms with van der Waals surface area (Å²) < 4.78 is 0. The average molecular weight is 175 g/mol. The molecule has 1 aromatic rings. The molecule has 0 amide bonds. The lowest BCUT2D eigenvalue weighted by Crippen LogP contribution is -1.66. The monoisotopic (exact) mass is 174 g/mol. The molecule has 0 fully saturated rings. The van der Waals surface area contributed by atoms with Crippen LogP contribution in [0.25, 0.3) is 0 Å². The van der Waals surface area contributed by atoms with Crippen molar-refractivity contribution in [2.24, 2.45) is 5.11 Å². The van der Waals surface area contributed by atoms with Gasteiger partial charge < -0.3 is 0 Å². The summed E-state index contributed by atoms with van der Waals surface area (Å²) in [7, 11) is 0. The van der Waals surface area contributed by atoms with E-state index >= 15 is 0 Å². The van der Waals surface area contributed by atoms with Gasteiger partial charge in [0.15, 0.2) is 0 Å². The van der Waals surface area contributed by atoms with Gasteiger partial charge in [0.05, 0.1) is 5.02 Å². The van der Waals surface area contributed by atoms with E-state index in [1.54, 1.807) is 12.1 Å². The van der Waals surface area contributed by atoms with Crippen LogP contribution < -0.4 is 0 Å². The summed E-state index contributed by atoms with van der Waals surface area (Å²) in [4.78, 5) is 0. The van der Waals surface area contributed by atoms with Gasteiger partial charge in [-0.15, -0.1) is 0 Å². The lowest BCUT2D eigenvalue weighted by Gasteiger charge is -1.94. The summed E-state index contributed by atoms with van der Waals surface area (Å²) in [6.45, 7) is 0. The zero-order valence-corrected chi connectivity index (χ0v) is 6.45. The summed E-state index contributed by atoms with van der Waals surface area (Å²) in [5, 5.41) is 4.15. The highest BCUT2D eigenvalue weighted by Gasteiger charge is 1.97. The number of hydrogen-bond acceptors (Lipinski definition) is 2. The topological polar surface area (TPSA) is 36.2 Å². The quantitative estimate of drug-likeness (QED) is 0.632. The summed E-state index contributed by atoms with van der Waals surface area (Å²) in [6.07, 6.45) is 0. The van der Waals surface area contributed by atoms with Crippen molar-refractivity contribution in [3.05, 3.63) is 28.2 Å². The summed E-state index contributed by atoms with van der Waals surface area (Å²) in [5.74, 6) is 0. The molecule has 0 aliphatic carbocycles. The van der Waals surface area contributed by atoms with Crippen molar-refractivity contribution in [3.8, 4) is 0 Å². The molecule has 10 heavy (non-hydrogen) atoms. The van der Waals surface area contributed by atoms with E-state index in [0.717, 1.165) is 0 Å². The van der Waals surface area contributed by atoms with Crippen molar-refractivity contribution >= 4 is 28.9 Å². The van der Waals surface area contributed by atoms with Crippen molar-refractivity contribution in [1.29, 1.82) is 5.53 Å². The fourth-order valence-corrected chi connectivity index (χ4v) is 0.898. The minimum Gasteiger partial charge on any atom is -0.204 e. The maximum Gasteiger partial charge on any atom is 0.105 e. The molecule has 0 aliphatic heterocycles. The van der Waals surface area contributed by atoms with E-state index in [1.807, 2.05) is 0 Å². The molecule has 2 nitrogen and oxygen atoms in total. The second-order valence-electron chi connectivity index (χ2n) is 1.71. The molecule has 4 heteroatoms. The Hall–Kier alpha value is -0.600. The van der Waals surface area contributed by atoms with Gasteiger partial charge in [0.2, 0.25) is 0 Å². The van der Waals surface area contributed by atoms with Gasteiger partial charge in [-0.25, -0.2) is 5.53 Å². The first-order valence-corrected chi connectivity index (χ1v) is 3.32. The third-order valence-electron chi connectivity index (χ3n) is 1.03. The lowest BCUT2D eigenvalue weighted by molar-refractivity contribution is 1.15. The van der Waals surface area contributed by atoms with Gasteiger partial charge in [-0.3, -0.25) is 0 Å². The van der Waals surface area contributed by atoms with Crippen LogP contribution in [-0.4, -0.2) is 0 Å². The summed E-state index contributed by atoms with van der Waals surface area (Å²) in [6, 6.07) is 4.80. The molecule has 0 heterocycles. The lowest BCUT2D eigenvalue weighted by atomic mass is 10.3. The van der Waals surface area contributed by atoms with Crippen LogP contribution in [0.2, 0.25) is 10.0 Å². The molecule has 0 unspecified atom stereocenters. The predicted octanol–water partition coefficient (Wildman–Crippen LogP) is 3.66. The second-order valence-corrected chi connectivity index (χ2v) is 2.55. The first-order valence-electron chi connectivity index (χ1n) is 2.56. The van der Waals surface area contributed by atoms with Crippen LogP contribution in [0.3, 0.4) is 0 Å². The van der Waals surface area contributed by atoms with E-state index in [0.29, 0.717) is 15.7 Å². The fourth-order valence-electron chi connectivity index (χ4n) is 0.571. The molecule has 0 aromatic heterocycles. The highest BCUT2D eigenvalue weighted by Crippen LogP contribution is 2.27. The van der Waals surface area contributed by atoms with Gasteiger partial charge >= 0.3 is 0 Å². The Morgan fingerprint density at radius 1 is 1.30 bits per heavy atom. The maximum atomic E-state index is 6.66. The van der Waals surface area contributed by atoms with Crippen molar-refractivity contribution in [1.82, 2.24) is 0 Å². The van der Waals surface area contributed by atoms with E-state index in [1.165, 1.54) is 6.07 Å². The van der Waals surface area contributed by atoms with Crippen LogP contribution in [0.5, 0.6) is 0 Å². The largest absolute Gasteiger partial charge is 0.204 e. The number of nitrogens with one attached hydrogen (secondary N) is 1. The zero-order chi connectivity index (χ0) is 7.56. The number of benzene rings is 1. The van der Waals surface area contributed by atoms with Crippen LogP contribution in [0.1, 0.15) is 0 Å². The zero-order valence-electron chi connectivity index (χ0n) is 4.94. The molecule has 0 saturated heterocycles. The van der Waals surface area contributed by atoms with Crippen molar-refractivity contribution in [3.63, 3.8) is 0 Å². The van der Waals surface area contributed by atoms with Gasteiger partial charge in [-0.05, 0) is 18.2 Å². The van der Waals surface area contributed by atoms with Crippen LogP contribution in [0.4, 0.5) is 5.69 Å². The van der Waals surface area contributed by atoms with Crippen LogP contribution >= 0.6 is 23.2 Å². The van der Waals surface area contributed by atoms with Crippen molar-refractivity contribution in [2.75, 3.05) is 0 Å². The van der Waals surface area contributed by atoms with Crippen LogP contribution in [-0.2, 0) is 0 Å². The summed E-state index contributed by atoms with van der Waals surface area (Å²) in [5.41, 5.74) is 7.06. The molecular weight excluding hydrogens is 171 g/mol. The molecule has 0 atom stereocenters. The van der Waals surface area contributed by atoms with E-state index in [2.05, 4.69) is 5.11 Å². The van der Waals surface area contributed by atoms with Gasteiger partial charge in [0.25, 0.3) is 0 Å². The molecule has 0 bridgehead atoms. The number of rotatable bonds is 1. The Bertz CT molecular complexity index is 260. The SMILES string of the molecule is N=Nc1cc(Cl)ccc1Cl. The Morgan fingerprint density at radius 3 is 2.50 bits per heavy atom. The molecule has 1 N–H and O–H groups in total. The van der Waals surface area contributed by atoms with E-state index < -0.39 is 0 Å². The minimum atomic E-state index is 0.397. The number of nitrogens with zero attached hydrogens (tertiary/aromatic N) is 1. The minimum absolute atomic E-state index is 0.397. The Morgan fingerprint density at radius 2 is 2.00 bits per heavy atom. The van der Waals surface area contributed by atoms with Gasteiger partial charge in [-0.2, -0.15) is 5.11 Å². The van der Waals surface area contributed by atoms with E-state index in [-0.39, 0.29) is 0 Å². The number of hydrogen-bond donors (Lipinski definition) is 1. The van der Waals surface area contributed by atoms with Crippen LogP contribution in [0, 0.1) is 5.53 Å². The third-order valence-corrected chi connectivity index (χ3v) is 1.58. The van der Waals surface area contributed by atoms with E-state index in [9.17, 15) is 0 Å². The molecule has 0 radical (unpaired) electrons. The molecule has 1 aromatic carbocycles. The van der Waals surface area contributed by atoms with Crippen molar-refractivity contribution < 1.29 is 0 Å². The normalized spacial score (nSPS) is 9.40. The smallest absolute Gasteiger partial charge is 0.105 e. The Balaban J connectivity index is 3.21. The maximum absolute atomic E-state index is 6.66. The highest BCUT2D eigenvalue weighted by molar-refractivity contribution is 6.35. The van der Waals surface area contributed by atoms with Crippen LogP contribution in [0.15, 0.2) is 23.3 Å². The molecule has 1 rings (SSSR count).